The van der Waals surface area contributed by atoms with Gasteiger partial charge in [0.25, 0.3) is 0 Å². The molecule has 0 fully saturated rings. The lowest BCUT2D eigenvalue weighted by Crippen LogP contribution is -2.37. The number of rotatable bonds is 3. The van der Waals surface area contributed by atoms with E-state index in [4.69, 9.17) is 9.47 Å². The maximum absolute atomic E-state index is 11.8. The lowest BCUT2D eigenvalue weighted by atomic mass is 9.78. The number of phenols is 8. The van der Waals surface area contributed by atoms with E-state index in [0.29, 0.717) is 0 Å². The van der Waals surface area contributed by atoms with Gasteiger partial charge in [-0.05, 0) is 35.4 Å². The van der Waals surface area contributed by atoms with Gasteiger partial charge in [-0.25, -0.2) is 0 Å². The molecule has 0 bridgehead atoms. The standard InChI is InChI=1S/C30H26O12/c31-13-7-20(37)25-23(8-13)41-30(27(40)24(25)11-1-3-15(32)18(35)5-11)26-21(38)10-17(34)14-9-22(39)28(42-29(14)26)12-2-4-16(33)19(36)6-12/h1-8,10,22,24,27-28,30-40H,9H2. The van der Waals surface area contributed by atoms with Gasteiger partial charge in [0.2, 0.25) is 0 Å². The zero-order valence-corrected chi connectivity index (χ0v) is 21.6. The number of aromatic hydroxyl groups is 8. The van der Waals surface area contributed by atoms with Gasteiger partial charge in [-0.3, -0.25) is 0 Å². The van der Waals surface area contributed by atoms with Crippen LogP contribution < -0.4 is 9.47 Å². The molecule has 2 aliphatic rings. The number of hydrogen-bond acceptors (Lipinski definition) is 12. The number of ether oxygens (including phenoxy) is 2. The highest BCUT2D eigenvalue weighted by Gasteiger charge is 2.46. The van der Waals surface area contributed by atoms with E-state index in [2.05, 4.69) is 0 Å². The molecule has 0 amide bonds. The van der Waals surface area contributed by atoms with Crippen molar-refractivity contribution in [3.63, 3.8) is 0 Å². The molecule has 0 aliphatic carbocycles. The van der Waals surface area contributed by atoms with E-state index in [1.165, 1.54) is 42.5 Å². The highest BCUT2D eigenvalue weighted by Crippen LogP contribution is 2.56. The van der Waals surface area contributed by atoms with Crippen molar-refractivity contribution in [3.05, 3.63) is 82.4 Å². The van der Waals surface area contributed by atoms with Crippen LogP contribution in [0.2, 0.25) is 0 Å². The lowest BCUT2D eigenvalue weighted by molar-refractivity contribution is -0.00528. The summed E-state index contributed by atoms with van der Waals surface area (Å²) >= 11 is 0. The molecule has 0 saturated heterocycles. The molecule has 42 heavy (non-hydrogen) atoms. The Hall–Kier alpha value is -5.20. The summed E-state index contributed by atoms with van der Waals surface area (Å²) in [6.45, 7) is 0. The van der Waals surface area contributed by atoms with E-state index in [-0.39, 0.29) is 51.5 Å². The normalized spacial score (nSPS) is 22.9. The van der Waals surface area contributed by atoms with E-state index < -0.39 is 70.6 Å². The lowest BCUT2D eigenvalue weighted by Gasteiger charge is -2.40. The van der Waals surface area contributed by atoms with Gasteiger partial charge in [0, 0.05) is 41.7 Å². The van der Waals surface area contributed by atoms with E-state index >= 15 is 0 Å². The molecule has 0 saturated carbocycles. The van der Waals surface area contributed by atoms with Crippen LogP contribution in [-0.4, -0.2) is 63.3 Å². The van der Waals surface area contributed by atoms with Crippen LogP contribution in [0.25, 0.3) is 0 Å². The molecule has 12 nitrogen and oxygen atoms in total. The minimum absolute atomic E-state index is 0.0579. The first-order valence-electron chi connectivity index (χ1n) is 12.8. The second-order valence-electron chi connectivity index (χ2n) is 10.3. The summed E-state index contributed by atoms with van der Waals surface area (Å²) in [5, 5.41) is 105. The Morgan fingerprint density at radius 1 is 0.548 bits per heavy atom. The fourth-order valence-electron chi connectivity index (χ4n) is 5.71. The molecule has 0 aromatic heterocycles. The monoisotopic (exact) mass is 578 g/mol. The molecule has 4 aromatic rings. The first kappa shape index (κ1) is 27.0. The first-order chi connectivity index (χ1) is 19.9. The minimum Gasteiger partial charge on any atom is -0.508 e. The van der Waals surface area contributed by atoms with E-state index in [9.17, 15) is 51.1 Å². The molecule has 12 heteroatoms. The van der Waals surface area contributed by atoms with E-state index in [1.807, 2.05) is 0 Å². The smallest absolute Gasteiger partial charge is 0.158 e. The van der Waals surface area contributed by atoms with Gasteiger partial charge in [0.1, 0.15) is 46.7 Å². The van der Waals surface area contributed by atoms with Crippen LogP contribution >= 0.6 is 0 Å². The average Bonchev–Trinajstić information content (AvgIpc) is 2.92. The zero-order valence-electron chi connectivity index (χ0n) is 21.6. The van der Waals surface area contributed by atoms with Crippen LogP contribution in [0.5, 0.6) is 57.5 Å². The van der Waals surface area contributed by atoms with Crippen LogP contribution in [0.4, 0.5) is 0 Å². The summed E-state index contributed by atoms with van der Waals surface area (Å²) in [4.78, 5) is 0. The predicted octanol–water partition coefficient (Wildman–Crippen LogP) is 3.00. The van der Waals surface area contributed by atoms with Crippen molar-refractivity contribution in [2.24, 2.45) is 0 Å². The van der Waals surface area contributed by atoms with Gasteiger partial charge in [0.15, 0.2) is 29.1 Å². The molecule has 0 spiro atoms. The molecule has 2 heterocycles. The Bertz CT molecular complexity index is 1720. The number of phenolic OH excluding ortho intramolecular Hbond substituents is 8. The summed E-state index contributed by atoms with van der Waals surface area (Å²) in [5.41, 5.74) is 0.530. The van der Waals surface area contributed by atoms with Gasteiger partial charge in [0.05, 0.1) is 11.7 Å². The average molecular weight is 579 g/mol. The van der Waals surface area contributed by atoms with Gasteiger partial charge < -0.3 is 60.5 Å². The van der Waals surface area contributed by atoms with Crippen molar-refractivity contribution < 1.29 is 60.5 Å². The van der Waals surface area contributed by atoms with Crippen molar-refractivity contribution in [3.8, 4) is 57.5 Å². The van der Waals surface area contributed by atoms with Crippen LogP contribution in [0.1, 0.15) is 45.9 Å². The maximum atomic E-state index is 11.8. The fraction of sp³-hybridized carbons (Fsp3) is 0.200. The number of benzene rings is 4. The number of aliphatic hydroxyl groups is 2. The largest absolute Gasteiger partial charge is 0.508 e. The maximum Gasteiger partial charge on any atom is 0.158 e. The zero-order chi connectivity index (χ0) is 30.0. The van der Waals surface area contributed by atoms with E-state index in [1.54, 1.807) is 0 Å². The predicted molar refractivity (Wildman–Crippen MR) is 143 cm³/mol. The molecule has 5 unspecified atom stereocenters. The third-order valence-electron chi connectivity index (χ3n) is 7.68. The molecule has 4 aromatic carbocycles. The molecule has 218 valence electrons. The Balaban J connectivity index is 1.52. The Morgan fingerprint density at radius 2 is 1.17 bits per heavy atom. The SMILES string of the molecule is Oc1cc(O)c2c(c1)OC(c1c(O)cc(O)c3c1OC(c1ccc(O)c(O)c1)C(O)C3)C(O)C2c1ccc(O)c(O)c1. The van der Waals surface area contributed by atoms with Crippen LogP contribution in [-0.2, 0) is 6.42 Å². The van der Waals surface area contributed by atoms with Crippen molar-refractivity contribution >= 4 is 0 Å². The second-order valence-corrected chi connectivity index (χ2v) is 10.3. The molecule has 10 N–H and O–H groups in total. The molecular formula is C30H26O12. The van der Waals surface area contributed by atoms with Crippen molar-refractivity contribution in [1.29, 1.82) is 0 Å². The van der Waals surface area contributed by atoms with Crippen LogP contribution in [0.3, 0.4) is 0 Å². The summed E-state index contributed by atoms with van der Waals surface area (Å²) in [7, 11) is 0. The summed E-state index contributed by atoms with van der Waals surface area (Å²) in [6.07, 6.45) is -5.60. The summed E-state index contributed by atoms with van der Waals surface area (Å²) < 4.78 is 12.2. The number of hydrogen-bond donors (Lipinski definition) is 10. The number of fused-ring (bicyclic) bond motifs is 2. The number of aliphatic hydroxyl groups excluding tert-OH is 2. The Morgan fingerprint density at radius 3 is 1.83 bits per heavy atom. The van der Waals surface area contributed by atoms with Gasteiger partial charge in [-0.15, -0.1) is 0 Å². The molecule has 2 aliphatic heterocycles. The highest BCUT2D eigenvalue weighted by molar-refractivity contribution is 5.63. The summed E-state index contributed by atoms with van der Waals surface area (Å²) in [5.74, 6) is -4.84. The highest BCUT2D eigenvalue weighted by atomic mass is 16.5. The Kier molecular flexibility index (Phi) is 6.24. The molecule has 5 atom stereocenters. The third kappa shape index (κ3) is 4.24. The van der Waals surface area contributed by atoms with Gasteiger partial charge >= 0.3 is 0 Å². The summed E-state index contributed by atoms with van der Waals surface area (Å²) in [6, 6.07) is 10.8. The van der Waals surface area contributed by atoms with E-state index in [0.717, 1.165) is 12.1 Å². The first-order valence-corrected chi connectivity index (χ1v) is 12.8. The van der Waals surface area contributed by atoms with Gasteiger partial charge in [-0.2, -0.15) is 0 Å². The molecule has 0 radical (unpaired) electrons. The van der Waals surface area contributed by atoms with Crippen LogP contribution in [0, 0.1) is 0 Å². The van der Waals surface area contributed by atoms with Crippen molar-refractivity contribution in [2.45, 2.75) is 36.8 Å². The fourth-order valence-corrected chi connectivity index (χ4v) is 5.71. The molecule has 6 rings (SSSR count). The molecular weight excluding hydrogens is 552 g/mol. The van der Waals surface area contributed by atoms with Crippen molar-refractivity contribution in [2.75, 3.05) is 0 Å². The quantitative estimate of drug-likeness (QED) is 0.159. The third-order valence-corrected chi connectivity index (χ3v) is 7.68. The minimum atomic E-state index is -1.59. The van der Waals surface area contributed by atoms with Crippen LogP contribution in [0.15, 0.2) is 54.6 Å². The second kappa shape index (κ2) is 9.72. The topological polar surface area (TPSA) is 221 Å². The Labute approximate surface area is 237 Å². The van der Waals surface area contributed by atoms with Gasteiger partial charge in [-0.1, -0.05) is 12.1 Å². The van der Waals surface area contributed by atoms with Crippen molar-refractivity contribution in [1.82, 2.24) is 0 Å².